The smallest absolute Gasteiger partial charge is 0.330 e. The average Bonchev–Trinajstić information content (AvgIpc) is 3.46. The van der Waals surface area contributed by atoms with Crippen molar-refractivity contribution in [3.05, 3.63) is 134 Å². The number of aryl methyl sites for hydroxylation is 1. The first-order chi connectivity index (χ1) is 22.0. The van der Waals surface area contributed by atoms with Crippen LogP contribution in [0.1, 0.15) is 28.5 Å². The molecule has 3 aromatic carbocycles. The molecular formula is C35H36N4O6. The van der Waals surface area contributed by atoms with Crippen molar-refractivity contribution < 1.29 is 18.9 Å². The lowest BCUT2D eigenvalue weighted by Crippen LogP contribution is -2.50. The fourth-order valence-electron chi connectivity index (χ4n) is 6.46. The highest BCUT2D eigenvalue weighted by atomic mass is 16.6. The van der Waals surface area contributed by atoms with Crippen LogP contribution in [0, 0.1) is 24.2 Å². The van der Waals surface area contributed by atoms with Gasteiger partial charge in [0, 0.05) is 24.8 Å². The van der Waals surface area contributed by atoms with E-state index in [0.717, 1.165) is 22.4 Å². The summed E-state index contributed by atoms with van der Waals surface area (Å²) < 4.78 is 26.1. The average molecular weight is 609 g/mol. The number of benzene rings is 3. The minimum Gasteiger partial charge on any atom is -0.497 e. The molecule has 3 heterocycles. The fourth-order valence-corrected chi connectivity index (χ4v) is 6.46. The number of nitriles is 1. The minimum absolute atomic E-state index is 0.0441. The minimum atomic E-state index is -1.06. The van der Waals surface area contributed by atoms with E-state index in [2.05, 4.69) is 16.0 Å². The van der Waals surface area contributed by atoms with Crippen molar-refractivity contribution in [2.45, 2.75) is 30.9 Å². The second-order valence-corrected chi connectivity index (χ2v) is 11.3. The number of hydrogen-bond acceptors (Lipinski definition) is 8. The van der Waals surface area contributed by atoms with Crippen LogP contribution in [0.5, 0.6) is 5.75 Å². The molecule has 0 unspecified atom stereocenters. The third-order valence-corrected chi connectivity index (χ3v) is 8.73. The van der Waals surface area contributed by atoms with Crippen molar-refractivity contribution in [1.82, 2.24) is 14.5 Å². The zero-order valence-electron chi connectivity index (χ0n) is 25.3. The molecule has 0 bridgehead atoms. The number of rotatable bonds is 9. The Hall–Kier alpha value is -4.53. The number of aromatic nitrogens is 2. The molecule has 45 heavy (non-hydrogen) atoms. The van der Waals surface area contributed by atoms with E-state index in [4.69, 9.17) is 18.9 Å². The molecule has 10 heteroatoms. The van der Waals surface area contributed by atoms with Crippen LogP contribution in [0.25, 0.3) is 0 Å². The van der Waals surface area contributed by atoms with Gasteiger partial charge in [-0.3, -0.25) is 19.2 Å². The number of ether oxygens (including phenoxy) is 4. The van der Waals surface area contributed by atoms with Gasteiger partial charge in [0.05, 0.1) is 45.0 Å². The number of nitrogens with one attached hydrogen (secondary N) is 1. The van der Waals surface area contributed by atoms with Crippen LogP contribution >= 0.6 is 0 Å². The fraction of sp³-hybridized carbons (Fsp3) is 0.343. The summed E-state index contributed by atoms with van der Waals surface area (Å²) in [6.45, 7) is 3.85. The van der Waals surface area contributed by atoms with Gasteiger partial charge in [-0.1, -0.05) is 72.8 Å². The number of aromatic amines is 1. The quantitative estimate of drug-likeness (QED) is 0.287. The van der Waals surface area contributed by atoms with Crippen LogP contribution in [0.2, 0.25) is 0 Å². The number of morpholine rings is 1. The summed E-state index contributed by atoms with van der Waals surface area (Å²) in [5, 5.41) is 10.6. The zero-order chi connectivity index (χ0) is 31.4. The Balaban J connectivity index is 1.43. The molecule has 2 saturated heterocycles. The van der Waals surface area contributed by atoms with Gasteiger partial charge in [-0.25, -0.2) is 4.79 Å². The Morgan fingerprint density at radius 1 is 0.933 bits per heavy atom. The number of nitrogens with zero attached hydrogens (tertiary/aromatic N) is 3. The van der Waals surface area contributed by atoms with E-state index in [0.29, 0.717) is 31.9 Å². The summed E-state index contributed by atoms with van der Waals surface area (Å²) in [7, 11) is 1.63. The molecule has 2 fully saturated rings. The molecule has 232 valence electrons. The predicted octanol–water partition coefficient (Wildman–Crippen LogP) is 3.60. The normalized spacial score (nSPS) is 22.2. The van der Waals surface area contributed by atoms with Crippen molar-refractivity contribution in [3.63, 3.8) is 0 Å². The topological polar surface area (TPSA) is 119 Å². The monoisotopic (exact) mass is 608 g/mol. The molecule has 0 spiro atoms. The van der Waals surface area contributed by atoms with E-state index in [1.807, 2.05) is 84.9 Å². The second-order valence-electron chi connectivity index (χ2n) is 11.3. The van der Waals surface area contributed by atoms with E-state index in [-0.39, 0.29) is 6.61 Å². The lowest BCUT2D eigenvalue weighted by molar-refractivity contribution is -0.0891. The second kappa shape index (κ2) is 13.2. The van der Waals surface area contributed by atoms with Crippen LogP contribution in [-0.2, 0) is 19.8 Å². The standard InChI is InChI=1S/C35H36N4O6/c1-24-22-39(34(41)37-32(24)40)33-31(38-17-19-43-20-18-38)29(21-36)30(45-33)23-44-35(25-9-5-3-6-10-25,26-11-7-4-8-12-26)27-13-15-28(42-2)16-14-27/h3-16,22,29-31,33H,17-20,23H2,1-2H3,(H,37,40,41)/t29-,30+,31+,33+/m0/s1. The van der Waals surface area contributed by atoms with E-state index >= 15 is 0 Å². The summed E-state index contributed by atoms with van der Waals surface area (Å²) in [6.07, 6.45) is -0.0164. The van der Waals surface area contributed by atoms with E-state index in [9.17, 15) is 14.9 Å². The molecule has 10 nitrogen and oxygen atoms in total. The van der Waals surface area contributed by atoms with Crippen molar-refractivity contribution in [2.75, 3.05) is 40.0 Å². The van der Waals surface area contributed by atoms with Gasteiger partial charge in [0.1, 0.15) is 17.5 Å². The van der Waals surface area contributed by atoms with Crippen LogP contribution in [0.4, 0.5) is 0 Å². The SMILES string of the molecule is COc1ccc(C(OC[C@H]2O[C@@H](n3cc(C)c(=O)[nH]c3=O)[C@H](N3CCOCC3)[C@H]2C#N)(c2ccccc2)c2ccccc2)cc1. The Kier molecular flexibility index (Phi) is 8.96. The summed E-state index contributed by atoms with van der Waals surface area (Å²) in [6, 6.07) is 29.7. The molecular weight excluding hydrogens is 572 g/mol. The van der Waals surface area contributed by atoms with Gasteiger partial charge in [0.2, 0.25) is 0 Å². The maximum absolute atomic E-state index is 13.1. The van der Waals surface area contributed by atoms with Crippen LogP contribution < -0.4 is 16.0 Å². The summed E-state index contributed by atoms with van der Waals surface area (Å²) in [5.41, 5.74) is 0.955. The first-order valence-electron chi connectivity index (χ1n) is 15.0. The third-order valence-electron chi connectivity index (χ3n) is 8.73. The van der Waals surface area contributed by atoms with Gasteiger partial charge in [0.15, 0.2) is 6.23 Å². The van der Waals surface area contributed by atoms with Gasteiger partial charge in [0.25, 0.3) is 5.56 Å². The number of methoxy groups -OCH3 is 1. The Bertz CT molecular complexity index is 1700. The highest BCUT2D eigenvalue weighted by Gasteiger charge is 2.50. The summed E-state index contributed by atoms with van der Waals surface area (Å²) >= 11 is 0. The summed E-state index contributed by atoms with van der Waals surface area (Å²) in [4.78, 5) is 29.8. The molecule has 0 aliphatic carbocycles. The lowest BCUT2D eigenvalue weighted by Gasteiger charge is -2.37. The van der Waals surface area contributed by atoms with Crippen molar-refractivity contribution in [3.8, 4) is 11.8 Å². The molecule has 4 aromatic rings. The first-order valence-corrected chi connectivity index (χ1v) is 15.0. The predicted molar refractivity (Wildman–Crippen MR) is 167 cm³/mol. The van der Waals surface area contributed by atoms with Crippen LogP contribution in [-0.4, -0.2) is 66.6 Å². The number of hydrogen-bond donors (Lipinski definition) is 1. The van der Waals surface area contributed by atoms with E-state index in [1.165, 1.54) is 10.8 Å². The molecule has 2 aliphatic heterocycles. The highest BCUT2D eigenvalue weighted by Crippen LogP contribution is 2.43. The largest absolute Gasteiger partial charge is 0.497 e. The maximum atomic E-state index is 13.1. The molecule has 6 rings (SSSR count). The Labute approximate surface area is 261 Å². The number of H-pyrrole nitrogens is 1. The zero-order valence-corrected chi connectivity index (χ0v) is 25.3. The molecule has 0 radical (unpaired) electrons. The van der Waals surface area contributed by atoms with Crippen molar-refractivity contribution in [1.29, 1.82) is 5.26 Å². The van der Waals surface area contributed by atoms with Crippen LogP contribution in [0.15, 0.2) is 101 Å². The molecule has 0 amide bonds. The Morgan fingerprint density at radius 2 is 1.53 bits per heavy atom. The van der Waals surface area contributed by atoms with E-state index in [1.54, 1.807) is 14.0 Å². The molecule has 2 aliphatic rings. The van der Waals surface area contributed by atoms with Crippen molar-refractivity contribution >= 4 is 0 Å². The molecule has 4 atom stereocenters. The van der Waals surface area contributed by atoms with Gasteiger partial charge in [-0.05, 0) is 35.7 Å². The van der Waals surface area contributed by atoms with Crippen molar-refractivity contribution in [2.24, 2.45) is 5.92 Å². The van der Waals surface area contributed by atoms with Gasteiger partial charge in [-0.2, -0.15) is 5.26 Å². The Morgan fingerprint density at radius 3 is 2.11 bits per heavy atom. The van der Waals surface area contributed by atoms with Gasteiger partial charge in [-0.15, -0.1) is 0 Å². The lowest BCUT2D eigenvalue weighted by atomic mass is 9.80. The van der Waals surface area contributed by atoms with Crippen LogP contribution in [0.3, 0.4) is 0 Å². The van der Waals surface area contributed by atoms with E-state index < -0.39 is 41.1 Å². The summed E-state index contributed by atoms with van der Waals surface area (Å²) in [5.74, 6) is 0.0719. The van der Waals surface area contributed by atoms with Gasteiger partial charge < -0.3 is 18.9 Å². The maximum Gasteiger partial charge on any atom is 0.330 e. The first kappa shape index (κ1) is 30.5. The third kappa shape index (κ3) is 5.83. The highest BCUT2D eigenvalue weighted by molar-refractivity contribution is 5.48. The van der Waals surface area contributed by atoms with Gasteiger partial charge >= 0.3 is 5.69 Å². The molecule has 1 aromatic heterocycles. The molecule has 1 N–H and O–H groups in total. The molecule has 0 saturated carbocycles.